The largest absolute Gasteiger partial charge is 0.380 e. The van der Waals surface area contributed by atoms with Gasteiger partial charge in [0.25, 0.3) is 5.91 Å². The van der Waals surface area contributed by atoms with Gasteiger partial charge in [0.1, 0.15) is 17.5 Å². The summed E-state index contributed by atoms with van der Waals surface area (Å²) >= 11 is 1.50. The van der Waals surface area contributed by atoms with Crippen LogP contribution in [0.25, 0.3) is 0 Å². The Labute approximate surface area is 171 Å². The summed E-state index contributed by atoms with van der Waals surface area (Å²) in [4.78, 5) is 17.0. The number of halogens is 2. The number of hydrogen-bond acceptors (Lipinski definition) is 6. The standard InChI is InChI=1S/C20H19F2N5OS/c1-24-29-16-4-2-15(3-5-16)27-19-9-18(17(11-26-19)20(23)28)25-10-12-6-13(21)8-14(22)7-12/h2-9,11,24H,10H2,1H3,(H2,23,28)(H2,25,26,27). The first-order valence-corrected chi connectivity index (χ1v) is 9.45. The lowest BCUT2D eigenvalue weighted by Crippen LogP contribution is -2.15. The maximum atomic E-state index is 13.4. The van der Waals surface area contributed by atoms with Crippen LogP contribution in [0.3, 0.4) is 0 Å². The third kappa shape index (κ3) is 5.66. The van der Waals surface area contributed by atoms with E-state index in [1.54, 1.807) is 6.07 Å². The van der Waals surface area contributed by atoms with Gasteiger partial charge in [0.05, 0.1) is 11.3 Å². The van der Waals surface area contributed by atoms with E-state index in [9.17, 15) is 13.6 Å². The molecule has 3 rings (SSSR count). The molecular weight excluding hydrogens is 396 g/mol. The molecule has 1 amide bonds. The Bertz CT molecular complexity index is 994. The number of nitrogens with two attached hydrogens (primary N) is 1. The van der Waals surface area contributed by atoms with E-state index in [2.05, 4.69) is 20.3 Å². The fraction of sp³-hybridized carbons (Fsp3) is 0.100. The molecule has 0 aliphatic rings. The number of nitrogens with one attached hydrogen (secondary N) is 3. The third-order valence-electron chi connectivity index (χ3n) is 3.92. The summed E-state index contributed by atoms with van der Waals surface area (Å²) < 4.78 is 29.8. The number of nitrogens with zero attached hydrogens (tertiary/aromatic N) is 1. The van der Waals surface area contributed by atoms with Crippen LogP contribution in [0.15, 0.2) is 59.6 Å². The van der Waals surface area contributed by atoms with E-state index in [1.807, 2.05) is 31.3 Å². The first-order valence-electron chi connectivity index (χ1n) is 8.64. The number of anilines is 3. The topological polar surface area (TPSA) is 92.1 Å². The molecular formula is C20H19F2N5OS. The number of benzene rings is 2. The molecule has 0 saturated carbocycles. The summed E-state index contributed by atoms with van der Waals surface area (Å²) in [5, 5.41) is 6.13. The van der Waals surface area contributed by atoms with Crippen LogP contribution in [0.4, 0.5) is 26.0 Å². The Hall–Kier alpha value is -3.17. The van der Waals surface area contributed by atoms with Gasteiger partial charge in [0.15, 0.2) is 0 Å². The number of carbonyl (C=O) groups is 1. The van der Waals surface area contributed by atoms with Crippen LogP contribution in [0.2, 0.25) is 0 Å². The van der Waals surface area contributed by atoms with Crippen molar-refractivity contribution in [3.05, 3.63) is 77.5 Å². The molecule has 0 saturated heterocycles. The van der Waals surface area contributed by atoms with Crippen LogP contribution >= 0.6 is 11.9 Å². The fourth-order valence-corrected chi connectivity index (χ4v) is 3.16. The van der Waals surface area contributed by atoms with Crippen molar-refractivity contribution in [1.82, 2.24) is 9.71 Å². The molecule has 29 heavy (non-hydrogen) atoms. The lowest BCUT2D eigenvalue weighted by atomic mass is 10.1. The summed E-state index contributed by atoms with van der Waals surface area (Å²) in [6.07, 6.45) is 1.35. The Morgan fingerprint density at radius 1 is 1.10 bits per heavy atom. The number of primary amides is 1. The lowest BCUT2D eigenvalue weighted by Gasteiger charge is -2.13. The summed E-state index contributed by atoms with van der Waals surface area (Å²) in [5.41, 5.74) is 7.19. The molecule has 1 aromatic heterocycles. The second-order valence-corrected chi connectivity index (χ2v) is 7.15. The van der Waals surface area contributed by atoms with E-state index in [0.717, 1.165) is 16.6 Å². The van der Waals surface area contributed by atoms with Crippen LogP contribution in [0, 0.1) is 11.6 Å². The minimum absolute atomic E-state index is 0.106. The van der Waals surface area contributed by atoms with Crippen molar-refractivity contribution < 1.29 is 13.6 Å². The number of pyridine rings is 1. The van der Waals surface area contributed by atoms with Crippen LogP contribution < -0.4 is 21.1 Å². The Morgan fingerprint density at radius 2 is 1.79 bits per heavy atom. The van der Waals surface area contributed by atoms with Crippen molar-refractivity contribution in [3.63, 3.8) is 0 Å². The highest BCUT2D eigenvalue weighted by atomic mass is 32.2. The van der Waals surface area contributed by atoms with Gasteiger partial charge < -0.3 is 16.4 Å². The van der Waals surface area contributed by atoms with Crippen molar-refractivity contribution in [3.8, 4) is 0 Å². The third-order valence-corrected chi connectivity index (χ3v) is 4.63. The Balaban J connectivity index is 1.79. The molecule has 2 aromatic carbocycles. The maximum absolute atomic E-state index is 13.4. The van der Waals surface area contributed by atoms with Gasteiger partial charge in [-0.2, -0.15) is 0 Å². The summed E-state index contributed by atoms with van der Waals surface area (Å²) in [7, 11) is 1.84. The van der Waals surface area contributed by atoms with Crippen LogP contribution in [-0.4, -0.2) is 17.9 Å². The Morgan fingerprint density at radius 3 is 2.41 bits per heavy atom. The minimum Gasteiger partial charge on any atom is -0.380 e. The van der Waals surface area contributed by atoms with E-state index in [0.29, 0.717) is 17.1 Å². The summed E-state index contributed by atoms with van der Waals surface area (Å²) in [5.74, 6) is -1.52. The van der Waals surface area contributed by atoms with E-state index in [-0.39, 0.29) is 12.1 Å². The average molecular weight is 415 g/mol. The fourth-order valence-electron chi connectivity index (χ4n) is 2.65. The number of amides is 1. The molecule has 1 heterocycles. The highest BCUT2D eigenvalue weighted by molar-refractivity contribution is 7.97. The smallest absolute Gasteiger partial charge is 0.252 e. The van der Waals surface area contributed by atoms with Crippen LogP contribution in [-0.2, 0) is 6.54 Å². The molecule has 3 aromatic rings. The minimum atomic E-state index is -0.672. The average Bonchev–Trinajstić information content (AvgIpc) is 2.67. The molecule has 6 nitrogen and oxygen atoms in total. The van der Waals surface area contributed by atoms with E-state index < -0.39 is 17.5 Å². The SMILES string of the molecule is CNSc1ccc(Nc2cc(NCc3cc(F)cc(F)c3)c(C(N)=O)cn2)cc1. The van der Waals surface area contributed by atoms with Gasteiger partial charge >= 0.3 is 0 Å². The number of aromatic nitrogens is 1. The molecule has 0 unspecified atom stereocenters. The van der Waals surface area contributed by atoms with Crippen molar-refractivity contribution >= 4 is 35.0 Å². The van der Waals surface area contributed by atoms with Crippen molar-refractivity contribution in [1.29, 1.82) is 0 Å². The summed E-state index contributed by atoms with van der Waals surface area (Å²) in [6.45, 7) is 0.106. The molecule has 0 fully saturated rings. The molecule has 9 heteroatoms. The van der Waals surface area contributed by atoms with Crippen molar-refractivity contribution in [2.45, 2.75) is 11.4 Å². The highest BCUT2D eigenvalue weighted by Crippen LogP contribution is 2.24. The predicted octanol–water partition coefficient (Wildman–Crippen LogP) is 4.04. The molecule has 0 aliphatic heterocycles. The van der Waals surface area contributed by atoms with Crippen LogP contribution in [0.5, 0.6) is 0 Å². The van der Waals surface area contributed by atoms with E-state index in [4.69, 9.17) is 5.73 Å². The maximum Gasteiger partial charge on any atom is 0.252 e. The zero-order valence-corrected chi connectivity index (χ0v) is 16.3. The van der Waals surface area contributed by atoms with Gasteiger partial charge in [-0.1, -0.05) is 0 Å². The molecule has 5 N–H and O–H groups in total. The molecule has 150 valence electrons. The van der Waals surface area contributed by atoms with Gasteiger partial charge in [0.2, 0.25) is 0 Å². The Kier molecular flexibility index (Phi) is 6.63. The number of hydrogen-bond donors (Lipinski definition) is 4. The zero-order valence-electron chi connectivity index (χ0n) is 15.5. The first kappa shape index (κ1) is 20.6. The van der Waals surface area contributed by atoms with Gasteiger partial charge in [-0.25, -0.2) is 13.8 Å². The van der Waals surface area contributed by atoms with Gasteiger partial charge in [-0.3, -0.25) is 9.52 Å². The second kappa shape index (κ2) is 9.35. The zero-order chi connectivity index (χ0) is 20.8. The van der Waals surface area contributed by atoms with Crippen molar-refractivity contribution in [2.24, 2.45) is 5.73 Å². The second-order valence-electron chi connectivity index (χ2n) is 6.07. The van der Waals surface area contributed by atoms with Gasteiger partial charge in [0, 0.05) is 35.5 Å². The van der Waals surface area contributed by atoms with Crippen LogP contribution in [0.1, 0.15) is 15.9 Å². The monoisotopic (exact) mass is 415 g/mol. The van der Waals surface area contributed by atoms with E-state index in [1.165, 1.54) is 30.3 Å². The molecule has 0 atom stereocenters. The molecule has 0 radical (unpaired) electrons. The highest BCUT2D eigenvalue weighted by Gasteiger charge is 2.11. The van der Waals surface area contributed by atoms with Gasteiger partial charge in [-0.15, -0.1) is 0 Å². The van der Waals surface area contributed by atoms with E-state index >= 15 is 0 Å². The van der Waals surface area contributed by atoms with Gasteiger partial charge in [-0.05, 0) is 61.0 Å². The molecule has 0 bridgehead atoms. The summed E-state index contributed by atoms with van der Waals surface area (Å²) in [6, 6.07) is 12.5. The quantitative estimate of drug-likeness (QED) is 0.415. The molecule has 0 spiro atoms. The normalized spacial score (nSPS) is 10.6. The predicted molar refractivity (Wildman–Crippen MR) is 111 cm³/mol. The lowest BCUT2D eigenvalue weighted by molar-refractivity contribution is 0.100. The molecule has 0 aliphatic carbocycles. The number of carbonyl (C=O) groups excluding carboxylic acids is 1. The van der Waals surface area contributed by atoms with Crippen molar-refractivity contribution in [2.75, 3.05) is 17.7 Å². The number of rotatable bonds is 8. The first-order chi connectivity index (χ1) is 13.9.